The largest absolute Gasteiger partial charge is 0.380 e. The molecule has 0 spiro atoms. The van der Waals surface area contributed by atoms with Gasteiger partial charge in [-0.1, -0.05) is 11.6 Å². The number of hydrogen-bond donors (Lipinski definition) is 1. The van der Waals surface area contributed by atoms with Crippen LogP contribution in [0.25, 0.3) is 0 Å². The zero-order chi connectivity index (χ0) is 9.52. The summed E-state index contributed by atoms with van der Waals surface area (Å²) < 4.78 is 6.24. The Labute approximate surface area is 87.9 Å². The predicted octanol–water partition coefficient (Wildman–Crippen LogP) is 2.18. The van der Waals surface area contributed by atoms with Crippen LogP contribution in [0.2, 0.25) is 4.34 Å². The lowest BCUT2D eigenvalue weighted by atomic mass is 10.4. The second-order valence-corrected chi connectivity index (χ2v) is 4.47. The second kappa shape index (κ2) is 6.38. The molecule has 0 radical (unpaired) electrons. The van der Waals surface area contributed by atoms with Crippen molar-refractivity contribution in [1.29, 1.82) is 0 Å². The molecule has 1 rings (SSSR count). The van der Waals surface area contributed by atoms with Gasteiger partial charge in [-0.3, -0.25) is 0 Å². The molecule has 0 saturated heterocycles. The summed E-state index contributed by atoms with van der Waals surface area (Å²) in [7, 11) is 1.92. The van der Waals surface area contributed by atoms with Crippen LogP contribution in [0.4, 0.5) is 0 Å². The van der Waals surface area contributed by atoms with Crippen molar-refractivity contribution < 1.29 is 4.74 Å². The van der Waals surface area contributed by atoms with Crippen LogP contribution in [0.3, 0.4) is 0 Å². The Morgan fingerprint density at radius 3 is 2.92 bits per heavy atom. The number of ether oxygens (including phenoxy) is 1. The lowest BCUT2D eigenvalue weighted by Crippen LogP contribution is -2.14. The average molecular weight is 220 g/mol. The van der Waals surface area contributed by atoms with Crippen molar-refractivity contribution in [2.45, 2.75) is 6.42 Å². The van der Waals surface area contributed by atoms with E-state index in [2.05, 4.69) is 11.4 Å². The predicted molar refractivity (Wildman–Crippen MR) is 57.8 cm³/mol. The summed E-state index contributed by atoms with van der Waals surface area (Å²) in [4.78, 5) is 1.29. The topological polar surface area (TPSA) is 21.3 Å². The third-order valence-electron chi connectivity index (χ3n) is 1.62. The van der Waals surface area contributed by atoms with Gasteiger partial charge < -0.3 is 10.1 Å². The molecule has 0 aliphatic rings. The zero-order valence-corrected chi connectivity index (χ0v) is 9.25. The van der Waals surface area contributed by atoms with Gasteiger partial charge in [0.25, 0.3) is 0 Å². The van der Waals surface area contributed by atoms with E-state index in [0.29, 0.717) is 0 Å². The highest BCUT2D eigenvalue weighted by Gasteiger charge is 1.97. The first-order chi connectivity index (χ1) is 6.33. The maximum Gasteiger partial charge on any atom is 0.0931 e. The number of hydrogen-bond acceptors (Lipinski definition) is 3. The van der Waals surface area contributed by atoms with Crippen molar-refractivity contribution in [1.82, 2.24) is 5.32 Å². The lowest BCUT2D eigenvalue weighted by Gasteiger charge is -2.01. The first-order valence-corrected chi connectivity index (χ1v) is 5.49. The standard InChI is InChI=1S/C9H14ClNOS/c1-11-5-7-12-6-4-8-2-3-9(10)13-8/h2-3,11H,4-7H2,1H3. The molecule has 0 unspecified atom stereocenters. The van der Waals surface area contributed by atoms with Gasteiger partial charge in [0.1, 0.15) is 0 Å². The molecule has 1 aromatic heterocycles. The molecule has 13 heavy (non-hydrogen) atoms. The monoisotopic (exact) mass is 219 g/mol. The summed E-state index contributed by atoms with van der Waals surface area (Å²) in [6, 6.07) is 3.98. The Balaban J connectivity index is 2.06. The summed E-state index contributed by atoms with van der Waals surface area (Å²) >= 11 is 7.41. The van der Waals surface area contributed by atoms with Crippen LogP contribution < -0.4 is 5.32 Å². The van der Waals surface area contributed by atoms with Gasteiger partial charge >= 0.3 is 0 Å². The number of nitrogens with one attached hydrogen (secondary N) is 1. The van der Waals surface area contributed by atoms with E-state index in [0.717, 1.165) is 30.5 Å². The van der Waals surface area contributed by atoms with Crippen LogP contribution in [0.1, 0.15) is 4.88 Å². The van der Waals surface area contributed by atoms with Crippen molar-refractivity contribution in [3.05, 3.63) is 21.3 Å². The van der Waals surface area contributed by atoms with Gasteiger partial charge in [-0.05, 0) is 19.2 Å². The van der Waals surface area contributed by atoms with E-state index in [1.54, 1.807) is 11.3 Å². The van der Waals surface area contributed by atoms with Crippen molar-refractivity contribution in [2.75, 3.05) is 26.8 Å². The summed E-state index contributed by atoms with van der Waals surface area (Å²) in [6.45, 7) is 2.46. The molecular formula is C9H14ClNOS. The van der Waals surface area contributed by atoms with Crippen LogP contribution in [-0.4, -0.2) is 26.8 Å². The van der Waals surface area contributed by atoms with Crippen molar-refractivity contribution in [2.24, 2.45) is 0 Å². The second-order valence-electron chi connectivity index (χ2n) is 2.67. The minimum Gasteiger partial charge on any atom is -0.380 e. The van der Waals surface area contributed by atoms with Gasteiger partial charge in [0.05, 0.1) is 17.6 Å². The molecule has 0 aliphatic heterocycles. The molecule has 1 N–H and O–H groups in total. The number of rotatable bonds is 6. The van der Waals surface area contributed by atoms with Crippen LogP contribution in [0.15, 0.2) is 12.1 Å². The molecule has 1 aromatic rings. The minimum atomic E-state index is 0.773. The van der Waals surface area contributed by atoms with Gasteiger partial charge in [-0.25, -0.2) is 0 Å². The molecule has 0 amide bonds. The van der Waals surface area contributed by atoms with Gasteiger partial charge in [0.2, 0.25) is 0 Å². The van der Waals surface area contributed by atoms with E-state index in [1.165, 1.54) is 4.88 Å². The van der Waals surface area contributed by atoms with E-state index < -0.39 is 0 Å². The number of likely N-dealkylation sites (N-methyl/N-ethyl adjacent to an activating group) is 1. The molecular weight excluding hydrogens is 206 g/mol. The molecule has 0 atom stereocenters. The molecule has 4 heteroatoms. The van der Waals surface area contributed by atoms with E-state index in [-0.39, 0.29) is 0 Å². The molecule has 0 fully saturated rings. The first kappa shape index (κ1) is 11.0. The van der Waals surface area contributed by atoms with E-state index >= 15 is 0 Å². The highest BCUT2D eigenvalue weighted by Crippen LogP contribution is 2.21. The molecule has 74 valence electrons. The Kier molecular flexibility index (Phi) is 5.39. The molecule has 0 saturated carbocycles. The van der Waals surface area contributed by atoms with Gasteiger partial charge in [0, 0.05) is 17.8 Å². The Morgan fingerprint density at radius 1 is 1.46 bits per heavy atom. The average Bonchev–Trinajstić information content (AvgIpc) is 2.51. The van der Waals surface area contributed by atoms with E-state index in [9.17, 15) is 0 Å². The Morgan fingerprint density at radius 2 is 2.31 bits per heavy atom. The highest BCUT2D eigenvalue weighted by molar-refractivity contribution is 7.16. The first-order valence-electron chi connectivity index (χ1n) is 4.29. The summed E-state index contributed by atoms with van der Waals surface area (Å²) in [6.07, 6.45) is 0.959. The maximum absolute atomic E-state index is 5.79. The van der Waals surface area contributed by atoms with Crippen LogP contribution in [-0.2, 0) is 11.2 Å². The van der Waals surface area contributed by atoms with Crippen molar-refractivity contribution >= 4 is 22.9 Å². The third-order valence-corrected chi connectivity index (χ3v) is 2.91. The fraction of sp³-hybridized carbons (Fsp3) is 0.556. The number of thiophene rings is 1. The fourth-order valence-electron chi connectivity index (χ4n) is 0.935. The molecule has 1 heterocycles. The lowest BCUT2D eigenvalue weighted by molar-refractivity contribution is 0.141. The smallest absolute Gasteiger partial charge is 0.0931 e. The summed E-state index contributed by atoms with van der Waals surface area (Å²) in [5.41, 5.74) is 0. The quantitative estimate of drug-likeness (QED) is 0.741. The molecule has 2 nitrogen and oxygen atoms in total. The van der Waals surface area contributed by atoms with Crippen LogP contribution >= 0.6 is 22.9 Å². The SMILES string of the molecule is CNCCOCCc1ccc(Cl)s1. The van der Waals surface area contributed by atoms with Crippen molar-refractivity contribution in [3.8, 4) is 0 Å². The minimum absolute atomic E-state index is 0.773. The number of halogens is 1. The third kappa shape index (κ3) is 4.62. The van der Waals surface area contributed by atoms with Gasteiger partial charge in [-0.2, -0.15) is 0 Å². The zero-order valence-electron chi connectivity index (χ0n) is 7.68. The molecule has 0 aliphatic carbocycles. The van der Waals surface area contributed by atoms with E-state index in [1.807, 2.05) is 13.1 Å². The summed E-state index contributed by atoms with van der Waals surface area (Å²) in [5.74, 6) is 0. The van der Waals surface area contributed by atoms with Gasteiger partial charge in [0.15, 0.2) is 0 Å². The van der Waals surface area contributed by atoms with Gasteiger partial charge in [-0.15, -0.1) is 11.3 Å². The maximum atomic E-state index is 5.79. The molecule has 0 aromatic carbocycles. The van der Waals surface area contributed by atoms with E-state index in [4.69, 9.17) is 16.3 Å². The highest BCUT2D eigenvalue weighted by atomic mass is 35.5. The van der Waals surface area contributed by atoms with Crippen molar-refractivity contribution in [3.63, 3.8) is 0 Å². The normalized spacial score (nSPS) is 10.6. The van der Waals surface area contributed by atoms with Crippen LogP contribution in [0, 0.1) is 0 Å². The van der Waals surface area contributed by atoms with Crippen LogP contribution in [0.5, 0.6) is 0 Å². The summed E-state index contributed by atoms with van der Waals surface area (Å²) in [5, 5.41) is 3.03. The Bertz CT molecular complexity index is 239. The fourth-order valence-corrected chi connectivity index (χ4v) is 2.00. The molecule has 0 bridgehead atoms. The Hall–Kier alpha value is -0.0900.